The molecular formula is C16H20ClN3. The van der Waals surface area contributed by atoms with Crippen LogP contribution in [0.4, 0.5) is 0 Å². The van der Waals surface area contributed by atoms with Gasteiger partial charge in [-0.1, -0.05) is 24.6 Å². The van der Waals surface area contributed by atoms with Crippen molar-refractivity contribution >= 4 is 22.5 Å². The summed E-state index contributed by atoms with van der Waals surface area (Å²) in [6.45, 7) is 4.92. The van der Waals surface area contributed by atoms with E-state index in [9.17, 15) is 0 Å². The molecule has 2 rings (SSSR count). The Morgan fingerprint density at radius 1 is 1.40 bits per heavy atom. The minimum absolute atomic E-state index is 0.587. The van der Waals surface area contributed by atoms with Crippen LogP contribution in [0.15, 0.2) is 24.4 Å². The van der Waals surface area contributed by atoms with Crippen LogP contribution in [0.1, 0.15) is 31.7 Å². The molecule has 0 atom stereocenters. The molecule has 1 N–H and O–H groups in total. The van der Waals surface area contributed by atoms with Gasteiger partial charge in [-0.25, -0.2) is 0 Å². The first kappa shape index (κ1) is 14.9. The molecule has 1 aromatic heterocycles. The molecule has 0 amide bonds. The van der Waals surface area contributed by atoms with Gasteiger partial charge in [0.05, 0.1) is 6.07 Å². The van der Waals surface area contributed by atoms with Gasteiger partial charge in [0.25, 0.3) is 0 Å². The Morgan fingerprint density at radius 3 is 3.00 bits per heavy atom. The summed E-state index contributed by atoms with van der Waals surface area (Å²) in [5.41, 5.74) is 2.45. The van der Waals surface area contributed by atoms with Crippen LogP contribution in [0.2, 0.25) is 5.02 Å². The Hall–Kier alpha value is -1.50. The van der Waals surface area contributed by atoms with Crippen molar-refractivity contribution in [3.63, 3.8) is 0 Å². The molecule has 0 fully saturated rings. The van der Waals surface area contributed by atoms with Crippen LogP contribution in [0.5, 0.6) is 0 Å². The van der Waals surface area contributed by atoms with E-state index in [0.717, 1.165) is 43.0 Å². The van der Waals surface area contributed by atoms with Crippen molar-refractivity contribution in [3.8, 4) is 6.07 Å². The number of halogens is 1. The number of nitrogens with zero attached hydrogens (tertiary/aromatic N) is 2. The number of hydrogen-bond acceptors (Lipinski definition) is 2. The molecule has 106 valence electrons. The Balaban J connectivity index is 2.26. The third-order valence-corrected chi connectivity index (χ3v) is 3.59. The van der Waals surface area contributed by atoms with Gasteiger partial charge in [0.1, 0.15) is 0 Å². The van der Waals surface area contributed by atoms with Crippen LogP contribution in [-0.2, 0) is 13.1 Å². The van der Waals surface area contributed by atoms with E-state index in [-0.39, 0.29) is 0 Å². The highest BCUT2D eigenvalue weighted by atomic mass is 35.5. The van der Waals surface area contributed by atoms with E-state index in [4.69, 9.17) is 16.9 Å². The Morgan fingerprint density at radius 2 is 2.25 bits per heavy atom. The van der Waals surface area contributed by atoms with E-state index >= 15 is 0 Å². The molecule has 0 aliphatic rings. The number of nitriles is 1. The molecule has 0 aliphatic carbocycles. The molecule has 0 bridgehead atoms. The predicted molar refractivity (Wildman–Crippen MR) is 83.8 cm³/mol. The van der Waals surface area contributed by atoms with Crippen molar-refractivity contribution in [2.24, 2.45) is 0 Å². The highest BCUT2D eigenvalue weighted by molar-refractivity contribution is 6.31. The zero-order valence-corrected chi connectivity index (χ0v) is 12.6. The standard InChI is InChI=1S/C16H20ClN3/c1-2-8-19-11-13-12-20(9-4-3-7-18)16-10-14(17)5-6-15(13)16/h5-6,10,12,19H,2-4,8-9,11H2,1H3. The number of benzene rings is 1. The van der Waals surface area contributed by atoms with E-state index in [0.29, 0.717) is 6.42 Å². The molecule has 1 aromatic carbocycles. The maximum Gasteiger partial charge on any atom is 0.0622 e. The van der Waals surface area contributed by atoms with Crippen molar-refractivity contribution in [1.29, 1.82) is 5.26 Å². The Bertz CT molecular complexity index is 610. The van der Waals surface area contributed by atoms with Crippen molar-refractivity contribution in [2.45, 2.75) is 39.3 Å². The van der Waals surface area contributed by atoms with Gasteiger partial charge in [0, 0.05) is 41.6 Å². The third-order valence-electron chi connectivity index (χ3n) is 3.36. The van der Waals surface area contributed by atoms with Gasteiger partial charge < -0.3 is 9.88 Å². The summed E-state index contributed by atoms with van der Waals surface area (Å²) in [7, 11) is 0. The average molecular weight is 290 g/mol. The molecule has 3 nitrogen and oxygen atoms in total. The maximum atomic E-state index is 8.66. The minimum Gasteiger partial charge on any atom is -0.347 e. The van der Waals surface area contributed by atoms with Crippen molar-refractivity contribution in [1.82, 2.24) is 9.88 Å². The molecule has 0 saturated carbocycles. The zero-order chi connectivity index (χ0) is 14.4. The van der Waals surface area contributed by atoms with E-state index < -0.39 is 0 Å². The molecule has 4 heteroatoms. The monoisotopic (exact) mass is 289 g/mol. The summed E-state index contributed by atoms with van der Waals surface area (Å²) < 4.78 is 2.21. The molecule has 0 unspecified atom stereocenters. The molecule has 1 heterocycles. The molecule has 2 aromatic rings. The molecular weight excluding hydrogens is 270 g/mol. The van der Waals surface area contributed by atoms with Crippen LogP contribution in [0.3, 0.4) is 0 Å². The van der Waals surface area contributed by atoms with Gasteiger partial charge in [0.2, 0.25) is 0 Å². The second-order valence-corrected chi connectivity index (χ2v) is 5.38. The fourth-order valence-corrected chi connectivity index (χ4v) is 2.56. The Kier molecular flexibility index (Phi) is 5.46. The smallest absolute Gasteiger partial charge is 0.0622 e. The number of aryl methyl sites for hydroxylation is 1. The number of aromatic nitrogens is 1. The summed E-state index contributed by atoms with van der Waals surface area (Å²) in [6.07, 6.45) is 4.77. The van der Waals surface area contributed by atoms with Crippen molar-refractivity contribution < 1.29 is 0 Å². The summed E-state index contributed by atoms with van der Waals surface area (Å²) in [5.74, 6) is 0. The van der Waals surface area contributed by atoms with Gasteiger partial charge in [-0.3, -0.25) is 0 Å². The van der Waals surface area contributed by atoms with Crippen molar-refractivity contribution in [3.05, 3.63) is 35.0 Å². The topological polar surface area (TPSA) is 40.8 Å². The largest absolute Gasteiger partial charge is 0.347 e. The number of hydrogen-bond donors (Lipinski definition) is 1. The normalized spacial score (nSPS) is 10.8. The molecule has 0 aliphatic heterocycles. The third kappa shape index (κ3) is 3.53. The number of nitrogens with one attached hydrogen (secondary N) is 1. The lowest BCUT2D eigenvalue weighted by Gasteiger charge is -2.03. The van der Waals surface area contributed by atoms with Gasteiger partial charge in [-0.2, -0.15) is 5.26 Å². The lowest BCUT2D eigenvalue weighted by atomic mass is 10.2. The first-order chi connectivity index (χ1) is 9.76. The summed E-state index contributed by atoms with van der Waals surface area (Å²) >= 11 is 6.11. The van der Waals surface area contributed by atoms with E-state index in [1.165, 1.54) is 10.9 Å². The lowest BCUT2D eigenvalue weighted by molar-refractivity contribution is 0.657. The van der Waals surface area contributed by atoms with E-state index in [1.54, 1.807) is 0 Å². The molecule has 0 saturated heterocycles. The molecule has 20 heavy (non-hydrogen) atoms. The van der Waals surface area contributed by atoms with E-state index in [1.807, 2.05) is 12.1 Å². The van der Waals surface area contributed by atoms with Gasteiger partial charge in [-0.05, 0) is 37.1 Å². The number of fused-ring (bicyclic) bond motifs is 1. The number of rotatable bonds is 7. The van der Waals surface area contributed by atoms with E-state index in [2.05, 4.69) is 35.1 Å². The van der Waals surface area contributed by atoms with Gasteiger partial charge in [0.15, 0.2) is 0 Å². The highest BCUT2D eigenvalue weighted by Crippen LogP contribution is 2.25. The van der Waals surface area contributed by atoms with Crippen LogP contribution >= 0.6 is 11.6 Å². The van der Waals surface area contributed by atoms with Crippen LogP contribution < -0.4 is 5.32 Å². The van der Waals surface area contributed by atoms with Crippen LogP contribution in [0.25, 0.3) is 10.9 Å². The summed E-state index contributed by atoms with van der Waals surface area (Å²) in [4.78, 5) is 0. The first-order valence-electron chi connectivity index (χ1n) is 7.11. The predicted octanol–water partition coefficient (Wildman–Crippen LogP) is 4.10. The number of unbranched alkanes of at least 4 members (excludes halogenated alkanes) is 1. The van der Waals surface area contributed by atoms with Gasteiger partial charge >= 0.3 is 0 Å². The second-order valence-electron chi connectivity index (χ2n) is 4.95. The first-order valence-corrected chi connectivity index (χ1v) is 7.49. The fourth-order valence-electron chi connectivity index (χ4n) is 2.40. The minimum atomic E-state index is 0.587. The molecule has 0 radical (unpaired) electrons. The average Bonchev–Trinajstić information content (AvgIpc) is 2.77. The van der Waals surface area contributed by atoms with Gasteiger partial charge in [-0.15, -0.1) is 0 Å². The van der Waals surface area contributed by atoms with Crippen LogP contribution in [-0.4, -0.2) is 11.1 Å². The summed E-state index contributed by atoms with van der Waals surface area (Å²) in [6, 6.07) is 8.22. The molecule has 0 spiro atoms. The second kappa shape index (κ2) is 7.33. The fraction of sp³-hybridized carbons (Fsp3) is 0.438. The Labute approximate surface area is 125 Å². The van der Waals surface area contributed by atoms with Crippen molar-refractivity contribution in [2.75, 3.05) is 6.54 Å². The summed E-state index contributed by atoms with van der Waals surface area (Å²) in [5, 5.41) is 14.1. The van der Waals surface area contributed by atoms with Crippen LogP contribution in [0, 0.1) is 11.3 Å². The lowest BCUT2D eigenvalue weighted by Crippen LogP contribution is -2.13. The highest BCUT2D eigenvalue weighted by Gasteiger charge is 2.08. The SMILES string of the molecule is CCCNCc1cn(CCCC#N)c2cc(Cl)ccc12. The maximum absolute atomic E-state index is 8.66. The zero-order valence-electron chi connectivity index (χ0n) is 11.8. The quantitative estimate of drug-likeness (QED) is 0.780.